The molecule has 88 heavy (non-hydrogen) atoms. The molecule has 0 fully saturated rings. The van der Waals surface area contributed by atoms with E-state index in [2.05, 4.69) is 52.5 Å². The molecule has 0 bridgehead atoms. The summed E-state index contributed by atoms with van der Waals surface area (Å²) in [5.74, 6) is -13.5. The van der Waals surface area contributed by atoms with E-state index in [0.717, 1.165) is 12.1 Å². The van der Waals surface area contributed by atoms with Crippen LogP contribution < -0.4 is 82.3 Å². The van der Waals surface area contributed by atoms with Gasteiger partial charge in [0.1, 0.15) is 48.3 Å². The maximum absolute atomic E-state index is 14.2. The Kier molecular flexibility index (Phi) is 31.6. The van der Waals surface area contributed by atoms with E-state index >= 15 is 0 Å². The normalized spacial score (nSPS) is 13.6. The Bertz CT molecular complexity index is 2840. The van der Waals surface area contributed by atoms with Gasteiger partial charge in [-0.15, -0.1) is 0 Å². The lowest BCUT2D eigenvalue weighted by atomic mass is 10.00. The highest BCUT2D eigenvalue weighted by atomic mass is 16.6. The first-order chi connectivity index (χ1) is 41.3. The van der Waals surface area contributed by atoms with E-state index in [0.29, 0.717) is 12.8 Å². The van der Waals surface area contributed by atoms with Crippen LogP contribution in [0, 0.1) is 22.0 Å². The smallest absolute Gasteiger partial charge is 0.326 e. The Morgan fingerprint density at radius 3 is 1.67 bits per heavy atom. The monoisotopic (exact) mass is 1240 g/mol. The van der Waals surface area contributed by atoms with Crippen LogP contribution in [-0.4, -0.2) is 172 Å². The number of aliphatic imine (C=N–C) groups is 2. The summed E-state index contributed by atoms with van der Waals surface area (Å²) in [6, 6.07) is -2.66. The van der Waals surface area contributed by atoms with Crippen molar-refractivity contribution in [2.45, 2.75) is 147 Å². The van der Waals surface area contributed by atoms with Gasteiger partial charge in [0.05, 0.1) is 23.5 Å². The number of phenols is 1. The van der Waals surface area contributed by atoms with Crippen molar-refractivity contribution in [3.63, 3.8) is 0 Å². The summed E-state index contributed by atoms with van der Waals surface area (Å²) >= 11 is 0. The van der Waals surface area contributed by atoms with Gasteiger partial charge >= 0.3 is 17.6 Å². The number of para-hydroxylation sites is 1. The van der Waals surface area contributed by atoms with Gasteiger partial charge in [-0.3, -0.25) is 68.0 Å². The molecule has 9 amide bonds. The number of nitrogens with zero attached hydrogens (tertiary/aromatic N) is 3. The van der Waals surface area contributed by atoms with Gasteiger partial charge in [0.2, 0.25) is 47.3 Å². The maximum Gasteiger partial charge on any atom is 0.326 e. The molecule has 8 atom stereocenters. The highest BCUT2D eigenvalue weighted by Gasteiger charge is 2.35. The number of carboxylic acid groups (broad SMARTS) is 2. The Morgan fingerprint density at radius 1 is 0.602 bits per heavy atom. The molecule has 0 aliphatic carbocycles. The number of phenolic OH excluding ortho intramolecular Hbond substituents is 1. The number of aliphatic carboxylic acids is 2. The van der Waals surface area contributed by atoms with E-state index in [9.17, 15) is 78.2 Å². The van der Waals surface area contributed by atoms with Gasteiger partial charge in [0, 0.05) is 31.3 Å². The summed E-state index contributed by atoms with van der Waals surface area (Å²) in [6.07, 6.45) is -0.689. The number of anilines is 1. The molecule has 486 valence electrons. The number of nitrogen functional groups attached to an aromatic ring is 1. The molecule has 0 aromatic heterocycles. The fourth-order valence-electron chi connectivity index (χ4n) is 8.42. The van der Waals surface area contributed by atoms with Crippen LogP contribution in [0.25, 0.3) is 0 Å². The summed E-state index contributed by atoms with van der Waals surface area (Å²) < 4.78 is 0. The van der Waals surface area contributed by atoms with Crippen molar-refractivity contribution in [1.29, 1.82) is 0 Å². The first kappa shape index (κ1) is 74.2. The van der Waals surface area contributed by atoms with Crippen molar-refractivity contribution in [3.05, 3.63) is 63.7 Å². The highest BCUT2D eigenvalue weighted by Crippen LogP contribution is 2.27. The number of benzene rings is 2. The lowest BCUT2D eigenvalue weighted by molar-refractivity contribution is -0.385. The summed E-state index contributed by atoms with van der Waals surface area (Å²) in [5, 5.41) is 62.5. The zero-order valence-electron chi connectivity index (χ0n) is 49.7. The number of carboxylic acids is 2. The average molecular weight is 1240 g/mol. The molecule has 34 heteroatoms. The fourth-order valence-corrected chi connectivity index (χ4v) is 8.42. The molecule has 0 aliphatic rings. The number of amides is 9. The lowest BCUT2D eigenvalue weighted by Crippen LogP contribution is -2.59. The third-order valence-electron chi connectivity index (χ3n) is 13.0. The molecule has 0 aliphatic heterocycles. The molecular formula is C54H84N18O16. The Labute approximate surface area is 506 Å². The third-order valence-corrected chi connectivity index (χ3v) is 13.0. The Hall–Kier alpha value is -9.89. The van der Waals surface area contributed by atoms with Crippen molar-refractivity contribution >= 4 is 88.4 Å². The van der Waals surface area contributed by atoms with E-state index in [1.165, 1.54) is 25.1 Å². The Balaban J connectivity index is 2.35. The molecule has 24 N–H and O–H groups in total. The second kappa shape index (κ2) is 37.5. The number of nitro benzene ring substituents is 1. The number of unbranched alkanes of at least 4 members (excludes halogenated alkanes) is 1. The van der Waals surface area contributed by atoms with Gasteiger partial charge in [-0.25, -0.2) is 4.79 Å². The van der Waals surface area contributed by atoms with Crippen LogP contribution in [0.1, 0.15) is 108 Å². The number of nitro groups is 1. The van der Waals surface area contributed by atoms with Crippen molar-refractivity contribution in [1.82, 2.24) is 47.9 Å². The van der Waals surface area contributed by atoms with Gasteiger partial charge in [-0.05, 0) is 100 Å². The van der Waals surface area contributed by atoms with Crippen molar-refractivity contribution < 1.29 is 73.0 Å². The molecule has 0 radical (unpaired) electrons. The summed E-state index contributed by atoms with van der Waals surface area (Å²) in [4.78, 5) is 166. The van der Waals surface area contributed by atoms with Gasteiger partial charge in [-0.1, -0.05) is 45.9 Å². The molecule has 2 aromatic rings. The van der Waals surface area contributed by atoms with Crippen LogP contribution in [0.4, 0.5) is 11.4 Å². The first-order valence-electron chi connectivity index (χ1n) is 28.1. The first-order valence-corrected chi connectivity index (χ1v) is 28.1. The van der Waals surface area contributed by atoms with Gasteiger partial charge in [0.15, 0.2) is 17.7 Å². The molecule has 0 heterocycles. The standard InChI is InChI=1S/C54H84N18O16/c1-27(2)22-36(49(82)64-29(5)44(77)69-37(50(83)70-38(52(85)86)25-42(75)76)23-30-17-18-40(73)39(24-30)72(87)88)65-41(74)26-63-46(79)33(15-10-20-61-53(57)58)67-47(80)34(14-8-9-19-55)68-51(84)43(28(3)4)71-48(81)35(16-11-21-62-54(59)60)66-45(78)31-12-6-7-13-32(31)56/h6-7,12-13,17-18,24,27-29,33-38,43,73H,8-11,14-16,19-23,25-26,55-56H2,1-5H3,(H,63,79)(H,64,82)(H,65,74)(H,66,78)(H,67,80)(H,68,84)(H,69,77)(H,70,83)(H,71,81)(H,75,76)(H,85,86)(H4,57,58,61)(H4,59,60,62). The number of aromatic hydroxyl groups is 1. The number of carbonyl (C=O) groups is 11. The molecule has 2 rings (SSSR count). The molecular weight excluding hydrogens is 1160 g/mol. The highest BCUT2D eigenvalue weighted by molar-refractivity contribution is 6.02. The zero-order valence-corrected chi connectivity index (χ0v) is 49.7. The fraction of sp³-hybridized carbons (Fsp3) is 0.537. The molecule has 0 saturated carbocycles. The molecule has 0 spiro atoms. The van der Waals surface area contributed by atoms with Gasteiger partial charge in [-0.2, -0.15) is 0 Å². The lowest BCUT2D eigenvalue weighted by Gasteiger charge is -2.28. The third kappa shape index (κ3) is 27.0. The zero-order chi connectivity index (χ0) is 66.4. The number of carbonyl (C=O) groups excluding carboxylic acids is 9. The van der Waals surface area contributed by atoms with Crippen LogP contribution in [0.15, 0.2) is 52.4 Å². The second-order valence-electron chi connectivity index (χ2n) is 21.2. The summed E-state index contributed by atoms with van der Waals surface area (Å²) in [6.45, 7) is 7.43. The van der Waals surface area contributed by atoms with Crippen molar-refractivity contribution in [2.75, 3.05) is 31.9 Å². The SMILES string of the molecule is CC(C)CC(NC(=O)CNC(=O)C(CCCN=C(N)N)NC(=O)C(CCCCN)NC(=O)C(NC(=O)C(CCCN=C(N)N)NC(=O)c1ccccc1N)C(C)C)C(=O)NC(C)C(=O)NC(Cc1ccc(O)c([N+](=O)[O-])c1)C(=O)NC(CC(=O)O)C(=O)O. The second-order valence-corrected chi connectivity index (χ2v) is 21.2. The van der Waals surface area contributed by atoms with E-state index in [1.807, 2.05) is 5.32 Å². The summed E-state index contributed by atoms with van der Waals surface area (Å²) in [5.41, 5.74) is 33.2. The topological polar surface area (TPSA) is 581 Å². The largest absolute Gasteiger partial charge is 0.502 e. The van der Waals surface area contributed by atoms with Crippen molar-refractivity contribution in [3.8, 4) is 5.75 Å². The number of guanidine groups is 2. The van der Waals surface area contributed by atoms with E-state index < -0.39 is 155 Å². The summed E-state index contributed by atoms with van der Waals surface area (Å²) in [7, 11) is 0. The number of hydrogen-bond donors (Lipinski definition) is 18. The molecule has 8 unspecified atom stereocenters. The number of nitrogens with one attached hydrogen (secondary N) is 9. The molecule has 34 nitrogen and oxygen atoms in total. The van der Waals surface area contributed by atoms with Crippen LogP contribution in [0.2, 0.25) is 0 Å². The van der Waals surface area contributed by atoms with E-state index in [1.54, 1.807) is 39.8 Å². The maximum atomic E-state index is 14.2. The van der Waals surface area contributed by atoms with E-state index in [-0.39, 0.29) is 92.8 Å². The van der Waals surface area contributed by atoms with Crippen LogP contribution >= 0.6 is 0 Å². The predicted molar refractivity (Wildman–Crippen MR) is 320 cm³/mol. The number of nitrogens with two attached hydrogens (primary N) is 6. The van der Waals surface area contributed by atoms with Gasteiger partial charge < -0.3 is 97.6 Å². The van der Waals surface area contributed by atoms with Crippen molar-refractivity contribution in [2.24, 2.45) is 50.5 Å². The molecule has 0 saturated heterocycles. The Morgan fingerprint density at radius 2 is 1.12 bits per heavy atom. The van der Waals surface area contributed by atoms with Crippen LogP contribution in [0.5, 0.6) is 5.75 Å². The quantitative estimate of drug-likeness (QED) is 0.00763. The van der Waals surface area contributed by atoms with Gasteiger partial charge in [0.25, 0.3) is 5.91 Å². The molecule has 2 aromatic carbocycles. The average Bonchev–Trinajstić information content (AvgIpc) is 3.65. The van der Waals surface area contributed by atoms with Crippen LogP contribution in [-0.2, 0) is 54.4 Å². The predicted octanol–water partition coefficient (Wildman–Crippen LogP) is -3.75. The number of rotatable bonds is 39. The van der Waals surface area contributed by atoms with Crippen LogP contribution in [0.3, 0.4) is 0 Å². The number of hydrogen-bond acceptors (Lipinski definition) is 18. The minimum atomic E-state index is -1.98. The minimum Gasteiger partial charge on any atom is -0.502 e. The minimum absolute atomic E-state index is 0.000842. The van der Waals surface area contributed by atoms with E-state index in [4.69, 9.17) is 34.4 Å².